The number of aromatic amines is 1. The lowest BCUT2D eigenvalue weighted by Gasteiger charge is -2.10. The third kappa shape index (κ3) is 2.27. The second-order valence-corrected chi connectivity index (χ2v) is 7.06. The minimum atomic E-state index is -0.0993. The molecule has 4 heterocycles. The van der Waals surface area contributed by atoms with Gasteiger partial charge in [0.15, 0.2) is 0 Å². The Morgan fingerprint density at radius 1 is 1.04 bits per heavy atom. The molecular weight excluding hydrogens is 344 g/mol. The lowest BCUT2D eigenvalue weighted by atomic mass is 10.1. The Labute approximate surface area is 152 Å². The van der Waals surface area contributed by atoms with Crippen LogP contribution in [-0.2, 0) is 6.42 Å². The van der Waals surface area contributed by atoms with Gasteiger partial charge in [0.1, 0.15) is 5.65 Å². The zero-order chi connectivity index (χ0) is 17.5. The van der Waals surface area contributed by atoms with E-state index in [1.165, 1.54) is 4.88 Å². The van der Waals surface area contributed by atoms with E-state index in [4.69, 9.17) is 0 Å². The fourth-order valence-corrected chi connectivity index (χ4v) is 4.01. The average Bonchev–Trinajstić information content (AvgIpc) is 3.34. The molecule has 0 aliphatic rings. The third-order valence-corrected chi connectivity index (χ3v) is 5.34. The Balaban J connectivity index is 1.88. The van der Waals surface area contributed by atoms with Gasteiger partial charge in [0.05, 0.1) is 22.3 Å². The van der Waals surface area contributed by atoms with E-state index in [9.17, 15) is 4.79 Å². The molecule has 26 heavy (non-hydrogen) atoms. The van der Waals surface area contributed by atoms with Crippen LogP contribution in [0.2, 0.25) is 0 Å². The van der Waals surface area contributed by atoms with Crippen LogP contribution in [0.1, 0.15) is 10.6 Å². The second-order valence-electron chi connectivity index (χ2n) is 6.03. The fraction of sp³-hybridized carbons (Fsp3) is 0.0500. The number of nitrogens with zero attached hydrogens (tertiary/aromatic N) is 3. The van der Waals surface area contributed by atoms with Crippen molar-refractivity contribution in [3.8, 4) is 5.69 Å². The summed E-state index contributed by atoms with van der Waals surface area (Å²) in [5.41, 5.74) is 2.84. The molecule has 0 spiro atoms. The van der Waals surface area contributed by atoms with E-state index in [2.05, 4.69) is 21.2 Å². The van der Waals surface area contributed by atoms with E-state index in [-0.39, 0.29) is 5.56 Å². The number of fused-ring (bicyclic) bond motifs is 3. The quantitative estimate of drug-likeness (QED) is 0.532. The second kappa shape index (κ2) is 5.93. The molecule has 4 aromatic heterocycles. The first-order valence-corrected chi connectivity index (χ1v) is 9.15. The number of hydrogen-bond donors (Lipinski definition) is 1. The zero-order valence-corrected chi connectivity index (χ0v) is 14.5. The number of benzene rings is 1. The predicted octanol–water partition coefficient (Wildman–Crippen LogP) is 3.91. The fourth-order valence-electron chi connectivity index (χ4n) is 3.31. The molecule has 1 aromatic carbocycles. The molecule has 0 radical (unpaired) electrons. The van der Waals surface area contributed by atoms with Gasteiger partial charge in [-0.1, -0.05) is 24.3 Å². The van der Waals surface area contributed by atoms with Crippen molar-refractivity contribution in [2.45, 2.75) is 6.42 Å². The largest absolute Gasteiger partial charge is 0.277 e. The summed E-state index contributed by atoms with van der Waals surface area (Å²) in [5.74, 6) is 0. The van der Waals surface area contributed by atoms with Crippen LogP contribution >= 0.6 is 11.3 Å². The molecule has 5 rings (SSSR count). The van der Waals surface area contributed by atoms with Crippen molar-refractivity contribution in [2.75, 3.05) is 0 Å². The van der Waals surface area contributed by atoms with E-state index in [1.807, 2.05) is 53.9 Å². The SMILES string of the molecule is O=c1c2c(Cc3cccs3)n[nH]c2c2cccnc2n1-c1ccccc1. The summed E-state index contributed by atoms with van der Waals surface area (Å²) in [6, 6.07) is 17.5. The standard InChI is InChI=1S/C20H14N4OS/c25-20-17-16(12-14-8-5-11-26-14)22-23-18(17)15-9-4-10-21-19(15)24(20)13-6-2-1-3-7-13/h1-11H,12H2,(H,22,23). The highest BCUT2D eigenvalue weighted by molar-refractivity contribution is 7.09. The summed E-state index contributed by atoms with van der Waals surface area (Å²) < 4.78 is 1.67. The highest BCUT2D eigenvalue weighted by Crippen LogP contribution is 2.25. The summed E-state index contributed by atoms with van der Waals surface area (Å²) in [6.07, 6.45) is 2.34. The molecule has 1 N–H and O–H groups in total. The van der Waals surface area contributed by atoms with Gasteiger partial charge >= 0.3 is 0 Å². The monoisotopic (exact) mass is 358 g/mol. The summed E-state index contributed by atoms with van der Waals surface area (Å²) >= 11 is 1.66. The van der Waals surface area contributed by atoms with Crippen molar-refractivity contribution in [2.24, 2.45) is 0 Å². The maximum absolute atomic E-state index is 13.4. The Bertz CT molecular complexity index is 1270. The molecule has 0 saturated heterocycles. The number of pyridine rings is 2. The van der Waals surface area contributed by atoms with Crippen LogP contribution in [0.4, 0.5) is 0 Å². The molecular formula is C20H14N4OS. The molecule has 0 bridgehead atoms. The first-order chi connectivity index (χ1) is 12.8. The van der Waals surface area contributed by atoms with E-state index in [0.29, 0.717) is 17.5 Å². The zero-order valence-electron chi connectivity index (χ0n) is 13.7. The van der Waals surface area contributed by atoms with Crippen molar-refractivity contribution < 1.29 is 0 Å². The van der Waals surface area contributed by atoms with Gasteiger partial charge in [-0.15, -0.1) is 11.3 Å². The van der Waals surface area contributed by atoms with Gasteiger partial charge in [0.25, 0.3) is 5.56 Å². The summed E-state index contributed by atoms with van der Waals surface area (Å²) in [7, 11) is 0. The molecule has 0 unspecified atom stereocenters. The summed E-state index contributed by atoms with van der Waals surface area (Å²) in [4.78, 5) is 19.1. The van der Waals surface area contributed by atoms with Gasteiger partial charge in [-0.2, -0.15) is 5.10 Å². The molecule has 126 valence electrons. The van der Waals surface area contributed by atoms with Crippen molar-refractivity contribution in [1.82, 2.24) is 19.7 Å². The molecule has 6 heteroatoms. The van der Waals surface area contributed by atoms with E-state index in [0.717, 1.165) is 22.3 Å². The minimum Gasteiger partial charge on any atom is -0.277 e. The van der Waals surface area contributed by atoms with Crippen LogP contribution in [0.5, 0.6) is 0 Å². The van der Waals surface area contributed by atoms with Crippen molar-refractivity contribution in [3.63, 3.8) is 0 Å². The Hall–Kier alpha value is -3.25. The maximum atomic E-state index is 13.4. The average molecular weight is 358 g/mol. The van der Waals surface area contributed by atoms with Crippen LogP contribution in [-0.4, -0.2) is 19.7 Å². The van der Waals surface area contributed by atoms with Crippen LogP contribution < -0.4 is 5.56 Å². The molecule has 5 aromatic rings. The number of rotatable bonds is 3. The van der Waals surface area contributed by atoms with Crippen LogP contribution in [0.3, 0.4) is 0 Å². The van der Waals surface area contributed by atoms with Crippen LogP contribution in [0.25, 0.3) is 27.6 Å². The smallest absolute Gasteiger partial charge is 0.268 e. The number of hydrogen-bond acceptors (Lipinski definition) is 4. The number of thiophene rings is 1. The van der Waals surface area contributed by atoms with Gasteiger partial charge in [-0.3, -0.25) is 14.5 Å². The number of para-hydroxylation sites is 1. The normalized spacial score (nSPS) is 11.4. The van der Waals surface area contributed by atoms with Gasteiger partial charge in [-0.05, 0) is 35.7 Å². The van der Waals surface area contributed by atoms with E-state index < -0.39 is 0 Å². The lowest BCUT2D eigenvalue weighted by Crippen LogP contribution is -2.20. The lowest BCUT2D eigenvalue weighted by molar-refractivity contribution is 1.01. The Morgan fingerprint density at radius 2 is 1.92 bits per heavy atom. The van der Waals surface area contributed by atoms with Crippen molar-refractivity contribution in [1.29, 1.82) is 0 Å². The summed E-state index contributed by atoms with van der Waals surface area (Å²) in [6.45, 7) is 0. The van der Waals surface area contributed by atoms with Crippen LogP contribution in [0.15, 0.2) is 71.0 Å². The molecule has 0 aliphatic heterocycles. The van der Waals surface area contributed by atoms with Gasteiger partial charge in [-0.25, -0.2) is 4.98 Å². The van der Waals surface area contributed by atoms with Gasteiger partial charge in [0.2, 0.25) is 0 Å². The third-order valence-electron chi connectivity index (χ3n) is 4.46. The maximum Gasteiger partial charge on any atom is 0.268 e. The molecule has 0 saturated carbocycles. The summed E-state index contributed by atoms with van der Waals surface area (Å²) in [5, 5.41) is 11.1. The van der Waals surface area contributed by atoms with Gasteiger partial charge < -0.3 is 0 Å². The highest BCUT2D eigenvalue weighted by Gasteiger charge is 2.18. The minimum absolute atomic E-state index is 0.0993. The molecule has 5 nitrogen and oxygen atoms in total. The predicted molar refractivity (Wildman–Crippen MR) is 104 cm³/mol. The first-order valence-electron chi connectivity index (χ1n) is 8.27. The number of H-pyrrole nitrogens is 1. The van der Waals surface area contributed by atoms with Crippen molar-refractivity contribution in [3.05, 3.63) is 87.1 Å². The number of nitrogens with one attached hydrogen (secondary N) is 1. The van der Waals surface area contributed by atoms with E-state index in [1.54, 1.807) is 22.1 Å². The van der Waals surface area contributed by atoms with Crippen molar-refractivity contribution >= 4 is 33.3 Å². The first kappa shape index (κ1) is 15.0. The van der Waals surface area contributed by atoms with Gasteiger partial charge in [0, 0.05) is 22.9 Å². The van der Waals surface area contributed by atoms with Crippen LogP contribution in [0, 0.1) is 0 Å². The Kier molecular flexibility index (Phi) is 3.43. The van der Waals surface area contributed by atoms with E-state index >= 15 is 0 Å². The Morgan fingerprint density at radius 3 is 2.73 bits per heavy atom. The topological polar surface area (TPSA) is 63.6 Å². The highest BCUT2D eigenvalue weighted by atomic mass is 32.1. The number of aromatic nitrogens is 4. The molecule has 0 aliphatic carbocycles. The molecule has 0 fully saturated rings. The molecule has 0 atom stereocenters. The molecule has 0 amide bonds.